The van der Waals surface area contributed by atoms with Gasteiger partial charge in [-0.15, -0.1) is 0 Å². The molecule has 1 aliphatic heterocycles. The maximum atomic E-state index is 13.5. The summed E-state index contributed by atoms with van der Waals surface area (Å²) in [5.74, 6) is -1.59. The number of hydrogen-bond acceptors (Lipinski definition) is 6. The van der Waals surface area contributed by atoms with Gasteiger partial charge in [-0.3, -0.25) is 19.3 Å². The van der Waals surface area contributed by atoms with Gasteiger partial charge in [0.25, 0.3) is 11.7 Å². The van der Waals surface area contributed by atoms with Crippen molar-refractivity contribution < 1.29 is 24.2 Å². The third kappa shape index (κ3) is 5.39. The Morgan fingerprint density at radius 2 is 1.68 bits per heavy atom. The Labute approximate surface area is 222 Å². The highest BCUT2D eigenvalue weighted by Crippen LogP contribution is 2.43. The fourth-order valence-electron chi connectivity index (χ4n) is 4.45. The first kappa shape index (κ1) is 26.5. The van der Waals surface area contributed by atoms with Crippen molar-refractivity contribution in [2.24, 2.45) is 0 Å². The summed E-state index contributed by atoms with van der Waals surface area (Å²) in [6.45, 7) is 5.18. The zero-order valence-corrected chi connectivity index (χ0v) is 22.1. The third-order valence-electron chi connectivity index (χ3n) is 6.09. The number of carbonyl (C=O) groups is 3. The molecule has 1 atom stereocenters. The number of rotatable bonds is 7. The molecule has 196 valence electrons. The normalized spacial score (nSPS) is 16.6. The van der Waals surface area contributed by atoms with E-state index < -0.39 is 17.7 Å². The molecule has 2 amide bonds. The number of aliphatic hydroxyl groups excluding tert-OH is 1. The summed E-state index contributed by atoms with van der Waals surface area (Å²) in [5, 5.41) is 14.1. The van der Waals surface area contributed by atoms with Gasteiger partial charge >= 0.3 is 0 Å². The molecule has 0 radical (unpaired) electrons. The second-order valence-electron chi connectivity index (χ2n) is 9.58. The van der Waals surface area contributed by atoms with E-state index in [1.165, 1.54) is 11.8 Å². The molecule has 2 N–H and O–H groups in total. The van der Waals surface area contributed by atoms with E-state index in [-0.39, 0.29) is 23.3 Å². The summed E-state index contributed by atoms with van der Waals surface area (Å²) in [6, 6.07) is 20.1. The van der Waals surface area contributed by atoms with Gasteiger partial charge in [-0.2, -0.15) is 0 Å². The summed E-state index contributed by atoms with van der Waals surface area (Å²) in [4.78, 5) is 41.9. The van der Waals surface area contributed by atoms with Crippen LogP contribution in [0.25, 0.3) is 5.76 Å². The Morgan fingerprint density at radius 3 is 2.32 bits per heavy atom. The quantitative estimate of drug-likeness (QED) is 0.258. The highest BCUT2D eigenvalue weighted by molar-refractivity contribution is 6.51. The number of aliphatic hydroxyl groups is 1. The Kier molecular flexibility index (Phi) is 7.52. The van der Waals surface area contributed by atoms with E-state index in [9.17, 15) is 19.5 Å². The fraction of sp³-hybridized carbons (Fsp3) is 0.233. The molecule has 38 heavy (non-hydrogen) atoms. The average molecular weight is 514 g/mol. The second kappa shape index (κ2) is 10.8. The van der Waals surface area contributed by atoms with Crippen molar-refractivity contribution in [2.45, 2.75) is 32.9 Å². The number of ketones is 1. The molecule has 0 aromatic heterocycles. The Hall–Kier alpha value is -4.59. The number of hydrogen-bond donors (Lipinski definition) is 2. The van der Waals surface area contributed by atoms with Crippen molar-refractivity contribution in [3.05, 3.63) is 89.5 Å². The number of anilines is 3. The van der Waals surface area contributed by atoms with Crippen molar-refractivity contribution in [2.75, 3.05) is 29.2 Å². The highest BCUT2D eigenvalue weighted by atomic mass is 16.5. The van der Waals surface area contributed by atoms with E-state index in [0.29, 0.717) is 28.3 Å². The van der Waals surface area contributed by atoms with Crippen LogP contribution in [0.15, 0.2) is 78.4 Å². The van der Waals surface area contributed by atoms with Crippen molar-refractivity contribution in [1.29, 1.82) is 0 Å². The molecule has 3 aromatic carbocycles. The molecule has 0 spiro atoms. The van der Waals surface area contributed by atoms with Crippen LogP contribution in [0.4, 0.5) is 17.1 Å². The number of nitrogens with one attached hydrogen (secondary N) is 1. The van der Waals surface area contributed by atoms with E-state index >= 15 is 0 Å². The topological polar surface area (TPSA) is 99.2 Å². The van der Waals surface area contributed by atoms with Crippen LogP contribution in [0.2, 0.25) is 0 Å². The first-order valence-electron chi connectivity index (χ1n) is 12.3. The molecule has 1 unspecified atom stereocenters. The van der Waals surface area contributed by atoms with Gasteiger partial charge in [0.15, 0.2) is 0 Å². The predicted molar refractivity (Wildman–Crippen MR) is 149 cm³/mol. The van der Waals surface area contributed by atoms with Gasteiger partial charge in [0.05, 0.1) is 17.7 Å². The van der Waals surface area contributed by atoms with Crippen LogP contribution in [-0.2, 0) is 14.4 Å². The lowest BCUT2D eigenvalue weighted by Crippen LogP contribution is -2.29. The molecular weight excluding hydrogens is 482 g/mol. The summed E-state index contributed by atoms with van der Waals surface area (Å²) < 4.78 is 5.76. The Bertz CT molecular complexity index is 1410. The maximum absolute atomic E-state index is 13.5. The van der Waals surface area contributed by atoms with E-state index in [1.54, 1.807) is 48.5 Å². The number of Topliss-reactive ketones (excluding diaryl/α,β-unsaturated/α-hetero) is 1. The minimum Gasteiger partial charge on any atom is -0.507 e. The number of benzene rings is 3. The summed E-state index contributed by atoms with van der Waals surface area (Å²) in [5.41, 5.74) is 2.82. The molecule has 0 bridgehead atoms. The lowest BCUT2D eigenvalue weighted by molar-refractivity contribution is -0.132. The average Bonchev–Trinajstić information content (AvgIpc) is 3.13. The SMILES string of the molecule is CC(=O)Nc1cccc(N2C(=O)C(=O)/C(=C(/O)c3cccc(OC(C)C)c3)C2c2ccc(N(C)C)cc2)c1. The van der Waals surface area contributed by atoms with Crippen molar-refractivity contribution >= 4 is 40.4 Å². The van der Waals surface area contributed by atoms with Crippen molar-refractivity contribution in [1.82, 2.24) is 0 Å². The lowest BCUT2D eigenvalue weighted by Gasteiger charge is -2.26. The van der Waals surface area contributed by atoms with Gasteiger partial charge < -0.3 is 20.1 Å². The standard InChI is InChI=1S/C30H31N3O5/c1-18(2)38-25-11-6-8-21(16-25)28(35)26-27(20-12-14-23(15-13-20)32(4)5)33(30(37)29(26)36)24-10-7-9-22(17-24)31-19(3)34/h6-18,27,35H,1-5H3,(H,31,34)/b28-26+. The molecule has 0 saturated carbocycles. The molecule has 8 nitrogen and oxygen atoms in total. The fourth-order valence-corrected chi connectivity index (χ4v) is 4.45. The zero-order chi connectivity index (χ0) is 27.6. The number of nitrogens with zero attached hydrogens (tertiary/aromatic N) is 2. The Morgan fingerprint density at radius 1 is 1.00 bits per heavy atom. The highest BCUT2D eigenvalue weighted by Gasteiger charge is 2.47. The molecule has 8 heteroatoms. The van der Waals surface area contributed by atoms with Gasteiger partial charge in [0.1, 0.15) is 11.5 Å². The molecule has 4 rings (SSSR count). The molecule has 1 heterocycles. The number of amides is 2. The zero-order valence-electron chi connectivity index (χ0n) is 22.1. The van der Waals surface area contributed by atoms with Gasteiger partial charge in [0.2, 0.25) is 5.91 Å². The molecule has 0 aliphatic carbocycles. The smallest absolute Gasteiger partial charge is 0.300 e. The van der Waals surface area contributed by atoms with Gasteiger partial charge in [-0.25, -0.2) is 0 Å². The molecule has 3 aromatic rings. The van der Waals surface area contributed by atoms with Crippen molar-refractivity contribution in [3.63, 3.8) is 0 Å². The van der Waals surface area contributed by atoms with Crippen LogP contribution < -0.4 is 19.9 Å². The summed E-state index contributed by atoms with van der Waals surface area (Å²) >= 11 is 0. The van der Waals surface area contributed by atoms with E-state index in [0.717, 1.165) is 5.69 Å². The summed E-state index contributed by atoms with van der Waals surface area (Å²) in [6.07, 6.45) is -0.0796. The van der Waals surface area contributed by atoms with Crippen LogP contribution in [0.5, 0.6) is 5.75 Å². The second-order valence-corrected chi connectivity index (χ2v) is 9.58. The Balaban J connectivity index is 1.89. The van der Waals surface area contributed by atoms with Crippen LogP contribution in [-0.4, -0.2) is 42.9 Å². The van der Waals surface area contributed by atoms with Crippen LogP contribution in [0.3, 0.4) is 0 Å². The minimum atomic E-state index is -0.895. The molecule has 1 aliphatic rings. The van der Waals surface area contributed by atoms with Gasteiger partial charge in [-0.05, 0) is 61.9 Å². The monoisotopic (exact) mass is 513 g/mol. The van der Waals surface area contributed by atoms with Crippen LogP contribution in [0.1, 0.15) is 37.9 Å². The van der Waals surface area contributed by atoms with E-state index in [2.05, 4.69) is 5.32 Å². The predicted octanol–water partition coefficient (Wildman–Crippen LogP) is 5.12. The van der Waals surface area contributed by atoms with Crippen LogP contribution >= 0.6 is 0 Å². The lowest BCUT2D eigenvalue weighted by atomic mass is 9.94. The minimum absolute atomic E-state index is 0.0285. The van der Waals surface area contributed by atoms with Gasteiger partial charge in [-0.1, -0.05) is 30.3 Å². The third-order valence-corrected chi connectivity index (χ3v) is 6.09. The molecule has 1 saturated heterocycles. The van der Waals surface area contributed by atoms with E-state index in [4.69, 9.17) is 4.74 Å². The number of ether oxygens (including phenoxy) is 1. The molecule has 1 fully saturated rings. The largest absolute Gasteiger partial charge is 0.507 e. The molecular formula is C30H31N3O5. The maximum Gasteiger partial charge on any atom is 0.300 e. The number of carbonyl (C=O) groups excluding carboxylic acids is 3. The summed E-state index contributed by atoms with van der Waals surface area (Å²) in [7, 11) is 3.83. The first-order valence-corrected chi connectivity index (χ1v) is 12.3. The van der Waals surface area contributed by atoms with Gasteiger partial charge in [0, 0.05) is 43.6 Å². The first-order chi connectivity index (χ1) is 18.1. The van der Waals surface area contributed by atoms with Crippen molar-refractivity contribution in [3.8, 4) is 5.75 Å². The van der Waals surface area contributed by atoms with Crippen LogP contribution in [0, 0.1) is 0 Å². The van der Waals surface area contributed by atoms with E-state index in [1.807, 2.05) is 57.1 Å².